The van der Waals surface area contributed by atoms with Crippen molar-refractivity contribution in [2.45, 2.75) is 51.2 Å². The van der Waals surface area contributed by atoms with Crippen molar-refractivity contribution in [3.8, 4) is 5.75 Å². The SMILES string of the molecule is CC(C)[C@H](NC(=O)[C@@H](N)CCCNC(=N)N)C(=O)N[C@H](C=O)Cc1ccc(O)cc1. The molecule has 166 valence electrons. The van der Waals surface area contributed by atoms with Gasteiger partial charge in [0.1, 0.15) is 18.1 Å². The Bertz CT molecular complexity index is 723. The van der Waals surface area contributed by atoms with Crippen molar-refractivity contribution in [1.29, 1.82) is 5.41 Å². The molecular weight excluding hydrogens is 388 g/mol. The number of benzene rings is 1. The van der Waals surface area contributed by atoms with Crippen LogP contribution in [0.5, 0.6) is 5.75 Å². The summed E-state index contributed by atoms with van der Waals surface area (Å²) in [6.07, 6.45) is 1.79. The Morgan fingerprint density at radius 2 is 1.80 bits per heavy atom. The number of aldehydes is 1. The van der Waals surface area contributed by atoms with E-state index in [-0.39, 0.29) is 24.0 Å². The number of guanidine groups is 1. The van der Waals surface area contributed by atoms with E-state index in [1.807, 2.05) is 0 Å². The predicted molar refractivity (Wildman–Crippen MR) is 114 cm³/mol. The summed E-state index contributed by atoms with van der Waals surface area (Å²) < 4.78 is 0. The Morgan fingerprint density at radius 1 is 1.17 bits per heavy atom. The Labute approximate surface area is 176 Å². The molecule has 0 saturated heterocycles. The number of rotatable bonds is 12. The van der Waals surface area contributed by atoms with E-state index in [1.165, 1.54) is 12.1 Å². The van der Waals surface area contributed by atoms with Crippen LogP contribution in [0.4, 0.5) is 0 Å². The fourth-order valence-corrected chi connectivity index (χ4v) is 2.76. The largest absolute Gasteiger partial charge is 0.508 e. The molecule has 10 nitrogen and oxygen atoms in total. The molecule has 9 N–H and O–H groups in total. The molecule has 2 amide bonds. The quantitative estimate of drug-likeness (QED) is 0.101. The van der Waals surface area contributed by atoms with Gasteiger partial charge in [-0.15, -0.1) is 0 Å². The van der Waals surface area contributed by atoms with Gasteiger partial charge in [-0.3, -0.25) is 15.0 Å². The normalized spacial score (nSPS) is 13.7. The topological polar surface area (TPSA) is 183 Å². The second-order valence-electron chi connectivity index (χ2n) is 7.44. The number of hydrogen-bond donors (Lipinski definition) is 7. The number of aromatic hydroxyl groups is 1. The zero-order valence-corrected chi connectivity index (χ0v) is 17.4. The lowest BCUT2D eigenvalue weighted by molar-refractivity contribution is -0.131. The van der Waals surface area contributed by atoms with E-state index in [9.17, 15) is 19.5 Å². The lowest BCUT2D eigenvalue weighted by Crippen LogP contribution is -2.55. The van der Waals surface area contributed by atoms with Crippen molar-refractivity contribution in [1.82, 2.24) is 16.0 Å². The molecule has 0 aliphatic rings. The van der Waals surface area contributed by atoms with E-state index in [0.29, 0.717) is 25.7 Å². The van der Waals surface area contributed by atoms with Gasteiger partial charge in [-0.1, -0.05) is 26.0 Å². The lowest BCUT2D eigenvalue weighted by atomic mass is 10.0. The van der Waals surface area contributed by atoms with Gasteiger partial charge in [0.2, 0.25) is 11.8 Å². The highest BCUT2D eigenvalue weighted by molar-refractivity contribution is 5.91. The van der Waals surface area contributed by atoms with Gasteiger partial charge in [-0.25, -0.2) is 0 Å². The van der Waals surface area contributed by atoms with E-state index in [2.05, 4.69) is 16.0 Å². The van der Waals surface area contributed by atoms with Gasteiger partial charge < -0.3 is 37.3 Å². The predicted octanol–water partition coefficient (Wildman–Crippen LogP) is -0.650. The Hall–Kier alpha value is -3.14. The maximum atomic E-state index is 12.7. The molecule has 1 aromatic carbocycles. The van der Waals surface area contributed by atoms with Gasteiger partial charge in [0.15, 0.2) is 5.96 Å². The molecule has 10 heteroatoms. The number of nitrogens with one attached hydrogen (secondary N) is 4. The second kappa shape index (κ2) is 12.4. The van der Waals surface area contributed by atoms with Gasteiger partial charge in [0.25, 0.3) is 0 Å². The highest BCUT2D eigenvalue weighted by Gasteiger charge is 2.27. The smallest absolute Gasteiger partial charge is 0.243 e. The average Bonchev–Trinajstić information content (AvgIpc) is 2.69. The first-order valence-corrected chi connectivity index (χ1v) is 9.81. The van der Waals surface area contributed by atoms with Crippen molar-refractivity contribution >= 4 is 24.1 Å². The van der Waals surface area contributed by atoms with E-state index in [4.69, 9.17) is 16.9 Å². The molecule has 3 atom stereocenters. The molecular formula is C20H32N6O4. The van der Waals surface area contributed by atoms with Gasteiger partial charge in [0, 0.05) is 6.54 Å². The van der Waals surface area contributed by atoms with Crippen LogP contribution in [0.2, 0.25) is 0 Å². The van der Waals surface area contributed by atoms with Gasteiger partial charge >= 0.3 is 0 Å². The summed E-state index contributed by atoms with van der Waals surface area (Å²) in [7, 11) is 0. The molecule has 0 bridgehead atoms. The fraction of sp³-hybridized carbons (Fsp3) is 0.500. The molecule has 1 aromatic rings. The molecule has 0 aromatic heterocycles. The van der Waals surface area contributed by atoms with Gasteiger partial charge in [0.05, 0.1) is 12.1 Å². The number of hydrogen-bond acceptors (Lipinski definition) is 6. The lowest BCUT2D eigenvalue weighted by Gasteiger charge is -2.25. The zero-order chi connectivity index (χ0) is 22.7. The van der Waals surface area contributed by atoms with Crippen LogP contribution in [0.25, 0.3) is 0 Å². The maximum absolute atomic E-state index is 12.7. The molecule has 0 fully saturated rings. The van der Waals surface area contributed by atoms with E-state index in [0.717, 1.165) is 5.56 Å². The molecule has 0 spiro atoms. The highest BCUT2D eigenvalue weighted by Crippen LogP contribution is 2.11. The minimum Gasteiger partial charge on any atom is -0.508 e. The number of carbonyl (C=O) groups excluding carboxylic acids is 3. The second-order valence-corrected chi connectivity index (χ2v) is 7.44. The molecule has 1 rings (SSSR count). The summed E-state index contributed by atoms with van der Waals surface area (Å²) in [5.74, 6) is -1.20. The zero-order valence-electron chi connectivity index (χ0n) is 17.4. The summed E-state index contributed by atoms with van der Waals surface area (Å²) in [5, 5.41) is 24.4. The van der Waals surface area contributed by atoms with Crippen molar-refractivity contribution in [2.75, 3.05) is 6.54 Å². The Morgan fingerprint density at radius 3 is 2.33 bits per heavy atom. The van der Waals surface area contributed by atoms with Crippen LogP contribution in [-0.4, -0.2) is 53.8 Å². The molecule has 0 radical (unpaired) electrons. The minimum atomic E-state index is -0.846. The van der Waals surface area contributed by atoms with Gasteiger partial charge in [-0.2, -0.15) is 0 Å². The third-order valence-corrected chi connectivity index (χ3v) is 4.47. The number of nitrogens with two attached hydrogens (primary N) is 2. The molecule has 0 heterocycles. The minimum absolute atomic E-state index is 0.112. The van der Waals surface area contributed by atoms with Crippen LogP contribution < -0.4 is 27.4 Å². The molecule has 0 unspecified atom stereocenters. The first-order valence-electron chi connectivity index (χ1n) is 9.81. The summed E-state index contributed by atoms with van der Waals surface area (Å²) in [6, 6.07) is 3.91. The summed E-state index contributed by atoms with van der Waals surface area (Å²) in [5.41, 5.74) is 11.9. The van der Waals surface area contributed by atoms with E-state index >= 15 is 0 Å². The van der Waals surface area contributed by atoms with Crippen LogP contribution >= 0.6 is 0 Å². The average molecular weight is 421 g/mol. The van der Waals surface area contributed by atoms with Gasteiger partial charge in [-0.05, 0) is 42.9 Å². The Balaban J connectivity index is 2.63. The number of carbonyl (C=O) groups is 3. The summed E-state index contributed by atoms with van der Waals surface area (Å²) in [6.45, 7) is 3.98. The van der Waals surface area contributed by atoms with Crippen molar-refractivity contribution in [3.63, 3.8) is 0 Å². The van der Waals surface area contributed by atoms with Crippen molar-refractivity contribution < 1.29 is 19.5 Å². The van der Waals surface area contributed by atoms with Crippen LogP contribution in [0.15, 0.2) is 24.3 Å². The summed E-state index contributed by atoms with van der Waals surface area (Å²) >= 11 is 0. The third-order valence-electron chi connectivity index (χ3n) is 4.47. The maximum Gasteiger partial charge on any atom is 0.243 e. The standard InChI is InChI=1S/C20H32N6O4/c1-12(2)17(26-18(29)16(21)4-3-9-24-20(22)23)19(30)25-14(11-27)10-13-5-7-15(28)8-6-13/h5-8,11-12,14,16-17,28H,3-4,9-10,21H2,1-2H3,(H,25,30)(H,26,29)(H4,22,23,24)/t14-,16-,17-/m0/s1. The molecule has 0 saturated carbocycles. The van der Waals surface area contributed by atoms with Crippen LogP contribution in [0, 0.1) is 11.3 Å². The summed E-state index contributed by atoms with van der Waals surface area (Å²) in [4.78, 5) is 36.5. The van der Waals surface area contributed by atoms with E-state index in [1.54, 1.807) is 26.0 Å². The van der Waals surface area contributed by atoms with Crippen LogP contribution in [0.3, 0.4) is 0 Å². The van der Waals surface area contributed by atoms with Crippen LogP contribution in [0.1, 0.15) is 32.3 Å². The number of phenolic OH excluding ortho intramolecular Hbond substituents is 1. The van der Waals surface area contributed by atoms with Crippen molar-refractivity contribution in [3.05, 3.63) is 29.8 Å². The molecule has 0 aliphatic carbocycles. The molecule has 30 heavy (non-hydrogen) atoms. The highest BCUT2D eigenvalue weighted by atomic mass is 16.3. The number of phenols is 1. The van der Waals surface area contributed by atoms with Crippen LogP contribution in [-0.2, 0) is 20.8 Å². The first kappa shape index (κ1) is 24.9. The number of amides is 2. The fourth-order valence-electron chi connectivity index (χ4n) is 2.76. The van der Waals surface area contributed by atoms with E-state index < -0.39 is 29.9 Å². The van der Waals surface area contributed by atoms with Crippen molar-refractivity contribution in [2.24, 2.45) is 17.4 Å². The monoisotopic (exact) mass is 420 g/mol. The molecule has 0 aliphatic heterocycles. The Kier molecular flexibility index (Phi) is 10.3. The first-order chi connectivity index (χ1) is 14.1. The third kappa shape index (κ3) is 8.91.